The van der Waals surface area contributed by atoms with Crippen molar-refractivity contribution in [3.8, 4) is 0 Å². The van der Waals surface area contributed by atoms with Gasteiger partial charge in [-0.1, -0.05) is 6.07 Å². The Labute approximate surface area is 156 Å². The minimum absolute atomic E-state index is 0.111. The number of piperidine rings is 1. The van der Waals surface area contributed by atoms with Crippen LogP contribution in [0.4, 0.5) is 11.8 Å². The summed E-state index contributed by atoms with van der Waals surface area (Å²) >= 11 is 0. The van der Waals surface area contributed by atoms with Crippen LogP contribution in [-0.4, -0.2) is 42.3 Å². The van der Waals surface area contributed by atoms with Crippen LogP contribution < -0.4 is 5.32 Å². The molecule has 0 unspecified atom stereocenters. The molecule has 4 rings (SSSR count). The zero-order valence-electron chi connectivity index (χ0n) is 14.7. The molecule has 1 amide bonds. The van der Waals surface area contributed by atoms with Crippen LogP contribution in [-0.2, 0) is 0 Å². The molecular weight excluding hydrogens is 342 g/mol. The van der Waals surface area contributed by atoms with Crippen molar-refractivity contribution in [3.05, 3.63) is 66.6 Å². The normalized spacial score (nSPS) is 16.7. The highest BCUT2D eigenvalue weighted by Gasteiger charge is 2.30. The van der Waals surface area contributed by atoms with Crippen molar-refractivity contribution >= 4 is 17.7 Å². The summed E-state index contributed by atoms with van der Waals surface area (Å²) in [6, 6.07) is 7.33. The van der Waals surface area contributed by atoms with Gasteiger partial charge in [-0.3, -0.25) is 9.78 Å². The van der Waals surface area contributed by atoms with Gasteiger partial charge in [-0.25, -0.2) is 19.9 Å². The van der Waals surface area contributed by atoms with Crippen molar-refractivity contribution < 1.29 is 4.79 Å². The average molecular weight is 361 g/mol. The molecule has 1 fully saturated rings. The Morgan fingerprint density at radius 2 is 2.00 bits per heavy atom. The lowest BCUT2D eigenvalue weighted by Gasteiger charge is -2.35. The molecule has 1 saturated heterocycles. The average Bonchev–Trinajstić information content (AvgIpc) is 2.75. The molecule has 1 N–H and O–H groups in total. The number of aromatic nitrogens is 5. The van der Waals surface area contributed by atoms with Gasteiger partial charge in [0, 0.05) is 31.3 Å². The Morgan fingerprint density at radius 1 is 1.04 bits per heavy atom. The molecule has 0 spiro atoms. The summed E-state index contributed by atoms with van der Waals surface area (Å²) < 4.78 is 0. The lowest BCUT2D eigenvalue weighted by atomic mass is 9.98. The molecule has 1 atom stereocenters. The summed E-state index contributed by atoms with van der Waals surface area (Å²) in [6.45, 7) is 0.674. The number of hydrogen-bond acceptors (Lipinski definition) is 7. The van der Waals surface area contributed by atoms with Crippen LogP contribution in [0.5, 0.6) is 0 Å². The Hall–Kier alpha value is -3.42. The fraction of sp³-hybridized carbons (Fsp3) is 0.263. The predicted molar refractivity (Wildman–Crippen MR) is 99.2 cm³/mol. The molecular formula is C19H19N7O. The Bertz CT molecular complexity index is 904. The van der Waals surface area contributed by atoms with E-state index in [-0.39, 0.29) is 11.9 Å². The van der Waals surface area contributed by atoms with Gasteiger partial charge in [-0.2, -0.15) is 0 Å². The maximum atomic E-state index is 12.9. The lowest BCUT2D eigenvalue weighted by Crippen LogP contribution is -2.39. The van der Waals surface area contributed by atoms with Gasteiger partial charge in [0.15, 0.2) is 0 Å². The lowest BCUT2D eigenvalue weighted by molar-refractivity contribution is 0.0599. The SMILES string of the molecule is O=C(c1cnccn1)N1CCCC[C@@H]1c1ccnc(Nc2ccccn2)n1. The van der Waals surface area contributed by atoms with E-state index in [1.807, 2.05) is 29.2 Å². The van der Waals surface area contributed by atoms with Crippen LogP contribution in [0.1, 0.15) is 41.5 Å². The van der Waals surface area contributed by atoms with Crippen molar-refractivity contribution in [3.63, 3.8) is 0 Å². The van der Waals surface area contributed by atoms with E-state index in [9.17, 15) is 4.79 Å². The van der Waals surface area contributed by atoms with E-state index in [1.165, 1.54) is 12.4 Å². The molecule has 4 heterocycles. The summed E-state index contributed by atoms with van der Waals surface area (Å²) in [7, 11) is 0. The molecule has 3 aromatic heterocycles. The highest BCUT2D eigenvalue weighted by molar-refractivity contribution is 5.92. The maximum absolute atomic E-state index is 12.9. The van der Waals surface area contributed by atoms with Gasteiger partial charge in [0.1, 0.15) is 11.5 Å². The molecule has 27 heavy (non-hydrogen) atoms. The number of nitrogens with zero attached hydrogens (tertiary/aromatic N) is 6. The van der Waals surface area contributed by atoms with Crippen molar-refractivity contribution in [1.82, 2.24) is 29.8 Å². The standard InChI is InChI=1S/C19H19N7O/c27-18(15-13-20-10-11-21-15)26-12-4-2-5-16(26)14-7-9-23-19(24-14)25-17-6-1-3-8-22-17/h1,3,6-11,13,16H,2,4-5,12H2,(H,22,23,24,25)/t16-/m1/s1. The number of likely N-dealkylation sites (tertiary alicyclic amines) is 1. The Morgan fingerprint density at radius 3 is 2.81 bits per heavy atom. The molecule has 1 aliphatic heterocycles. The van der Waals surface area contributed by atoms with Crippen LogP contribution in [0.25, 0.3) is 0 Å². The molecule has 0 aromatic carbocycles. The number of amides is 1. The topological polar surface area (TPSA) is 96.8 Å². The summed E-state index contributed by atoms with van der Waals surface area (Å²) in [5.74, 6) is 1.01. The summed E-state index contributed by atoms with van der Waals surface area (Å²) in [5, 5.41) is 3.10. The van der Waals surface area contributed by atoms with Crippen LogP contribution in [0.3, 0.4) is 0 Å². The molecule has 0 bridgehead atoms. The third kappa shape index (κ3) is 3.89. The van der Waals surface area contributed by atoms with E-state index in [0.29, 0.717) is 24.0 Å². The van der Waals surface area contributed by atoms with E-state index in [0.717, 1.165) is 25.0 Å². The maximum Gasteiger partial charge on any atom is 0.274 e. The first kappa shape index (κ1) is 17.0. The van der Waals surface area contributed by atoms with Gasteiger partial charge in [-0.15, -0.1) is 0 Å². The highest BCUT2D eigenvalue weighted by atomic mass is 16.2. The quantitative estimate of drug-likeness (QED) is 0.763. The van der Waals surface area contributed by atoms with Gasteiger partial charge >= 0.3 is 0 Å². The second-order valence-corrected chi connectivity index (χ2v) is 6.25. The van der Waals surface area contributed by atoms with E-state index in [2.05, 4.69) is 30.2 Å². The molecule has 0 saturated carbocycles. The van der Waals surface area contributed by atoms with Crippen LogP contribution in [0.15, 0.2) is 55.2 Å². The number of rotatable bonds is 4. The van der Waals surface area contributed by atoms with E-state index >= 15 is 0 Å². The zero-order valence-corrected chi connectivity index (χ0v) is 14.7. The molecule has 0 aliphatic carbocycles. The second kappa shape index (κ2) is 7.86. The van der Waals surface area contributed by atoms with E-state index in [4.69, 9.17) is 0 Å². The Balaban J connectivity index is 1.58. The van der Waals surface area contributed by atoms with Crippen molar-refractivity contribution in [2.24, 2.45) is 0 Å². The molecule has 8 heteroatoms. The smallest absolute Gasteiger partial charge is 0.274 e. The minimum atomic E-state index is -0.120. The van der Waals surface area contributed by atoms with Gasteiger partial charge < -0.3 is 10.2 Å². The molecule has 1 aliphatic rings. The van der Waals surface area contributed by atoms with Gasteiger partial charge in [0.2, 0.25) is 5.95 Å². The third-order valence-electron chi connectivity index (χ3n) is 4.47. The number of carbonyl (C=O) groups is 1. The summed E-state index contributed by atoms with van der Waals surface area (Å²) in [5.41, 5.74) is 1.16. The summed E-state index contributed by atoms with van der Waals surface area (Å²) in [4.78, 5) is 36.0. The molecule has 8 nitrogen and oxygen atoms in total. The highest BCUT2D eigenvalue weighted by Crippen LogP contribution is 2.31. The first-order valence-corrected chi connectivity index (χ1v) is 8.89. The fourth-order valence-corrected chi connectivity index (χ4v) is 3.21. The number of anilines is 2. The summed E-state index contributed by atoms with van der Waals surface area (Å²) in [6.07, 6.45) is 10.9. The Kier molecular flexibility index (Phi) is 4.95. The van der Waals surface area contributed by atoms with Gasteiger partial charge in [0.05, 0.1) is 17.9 Å². The monoisotopic (exact) mass is 361 g/mol. The second-order valence-electron chi connectivity index (χ2n) is 6.25. The largest absolute Gasteiger partial charge is 0.329 e. The predicted octanol–water partition coefficient (Wildman–Crippen LogP) is 2.77. The van der Waals surface area contributed by atoms with Crippen LogP contribution in [0.2, 0.25) is 0 Å². The van der Waals surface area contributed by atoms with E-state index < -0.39 is 0 Å². The number of pyridine rings is 1. The van der Waals surface area contributed by atoms with Crippen LogP contribution in [0, 0.1) is 0 Å². The first-order valence-electron chi connectivity index (χ1n) is 8.89. The molecule has 3 aromatic rings. The van der Waals surface area contributed by atoms with Gasteiger partial charge in [0.25, 0.3) is 5.91 Å². The van der Waals surface area contributed by atoms with Crippen molar-refractivity contribution in [1.29, 1.82) is 0 Å². The van der Waals surface area contributed by atoms with Crippen LogP contribution >= 0.6 is 0 Å². The number of hydrogen-bond donors (Lipinski definition) is 1. The molecule has 136 valence electrons. The number of carbonyl (C=O) groups excluding carboxylic acids is 1. The van der Waals surface area contributed by atoms with Crippen molar-refractivity contribution in [2.45, 2.75) is 25.3 Å². The van der Waals surface area contributed by atoms with Gasteiger partial charge in [-0.05, 0) is 37.5 Å². The molecule has 0 radical (unpaired) electrons. The zero-order chi connectivity index (χ0) is 18.5. The van der Waals surface area contributed by atoms with Crippen molar-refractivity contribution in [2.75, 3.05) is 11.9 Å². The minimum Gasteiger partial charge on any atom is -0.329 e. The first-order chi connectivity index (χ1) is 13.3. The fourth-order valence-electron chi connectivity index (χ4n) is 3.21. The number of nitrogens with one attached hydrogen (secondary N) is 1. The third-order valence-corrected chi connectivity index (χ3v) is 4.47. The van der Waals surface area contributed by atoms with E-state index in [1.54, 1.807) is 18.6 Å².